The van der Waals surface area contributed by atoms with Gasteiger partial charge in [-0.05, 0) is 57.7 Å². The van der Waals surface area contributed by atoms with E-state index in [0.717, 1.165) is 35.7 Å². The van der Waals surface area contributed by atoms with Crippen LogP contribution in [0.25, 0.3) is 11.2 Å². The molecule has 5 atom stereocenters. The lowest BCUT2D eigenvalue weighted by molar-refractivity contribution is -0.162. The van der Waals surface area contributed by atoms with Gasteiger partial charge in [-0.3, -0.25) is 0 Å². The molecule has 13 heteroatoms. The van der Waals surface area contributed by atoms with Gasteiger partial charge in [-0.15, -0.1) is 5.10 Å². The van der Waals surface area contributed by atoms with Crippen LogP contribution in [0.5, 0.6) is 11.5 Å². The SMILES string of the molecule is CCCSc1nc(N(Cc2ccc(OC)cc2OC)C2C[C@H]2c2ccccc2)c2nnn([C@H]3C[C@@H](OCC(=O)OC(C)(C)C)C[C@@H]3O)c2n1. The molecule has 0 saturated heterocycles. The van der Waals surface area contributed by atoms with E-state index < -0.39 is 23.7 Å². The zero-order valence-corrected chi connectivity index (χ0v) is 29.9. The largest absolute Gasteiger partial charge is 0.497 e. The van der Waals surface area contributed by atoms with E-state index in [-0.39, 0.29) is 18.8 Å². The van der Waals surface area contributed by atoms with Crippen molar-refractivity contribution in [3.63, 3.8) is 0 Å². The van der Waals surface area contributed by atoms with Crippen LogP contribution in [0.2, 0.25) is 0 Å². The number of benzene rings is 2. The molecule has 6 rings (SSSR count). The van der Waals surface area contributed by atoms with Gasteiger partial charge in [0.2, 0.25) is 0 Å². The van der Waals surface area contributed by atoms with Crippen molar-refractivity contribution < 1.29 is 28.8 Å². The molecule has 2 saturated carbocycles. The third kappa shape index (κ3) is 8.11. The van der Waals surface area contributed by atoms with Gasteiger partial charge in [-0.1, -0.05) is 54.2 Å². The van der Waals surface area contributed by atoms with Crippen LogP contribution in [0.15, 0.2) is 53.7 Å². The molecule has 2 heterocycles. The topological polar surface area (TPSA) is 134 Å². The molecule has 2 aromatic heterocycles. The van der Waals surface area contributed by atoms with Gasteiger partial charge in [-0.25, -0.2) is 19.4 Å². The smallest absolute Gasteiger partial charge is 0.332 e. The fraction of sp³-hybridized carbons (Fsp3) is 0.528. The fourth-order valence-electron chi connectivity index (χ4n) is 6.48. The van der Waals surface area contributed by atoms with Crippen molar-refractivity contribution in [1.82, 2.24) is 25.0 Å². The Labute approximate surface area is 291 Å². The molecule has 4 aromatic rings. The molecular formula is C36H46N6O6S. The van der Waals surface area contributed by atoms with Gasteiger partial charge < -0.3 is 29.0 Å². The number of hydrogen-bond acceptors (Lipinski definition) is 12. The van der Waals surface area contributed by atoms with Crippen LogP contribution in [0, 0.1) is 0 Å². The number of hydrogen-bond donors (Lipinski definition) is 1. The molecule has 262 valence electrons. The van der Waals surface area contributed by atoms with Gasteiger partial charge in [0.15, 0.2) is 22.1 Å². The Morgan fingerprint density at radius 1 is 1.06 bits per heavy atom. The van der Waals surface area contributed by atoms with E-state index in [4.69, 9.17) is 28.9 Å². The number of nitrogens with zero attached hydrogens (tertiary/aromatic N) is 6. The van der Waals surface area contributed by atoms with Crippen LogP contribution >= 0.6 is 11.8 Å². The van der Waals surface area contributed by atoms with Crippen molar-refractivity contribution in [2.24, 2.45) is 0 Å². The van der Waals surface area contributed by atoms with Crippen LogP contribution < -0.4 is 14.4 Å². The van der Waals surface area contributed by atoms with Crippen molar-refractivity contribution in [3.05, 3.63) is 59.7 Å². The van der Waals surface area contributed by atoms with Gasteiger partial charge in [0, 0.05) is 42.3 Å². The van der Waals surface area contributed by atoms with Crippen molar-refractivity contribution in [2.75, 3.05) is 31.5 Å². The summed E-state index contributed by atoms with van der Waals surface area (Å²) in [7, 11) is 3.31. The highest BCUT2D eigenvalue weighted by Gasteiger charge is 2.45. The van der Waals surface area contributed by atoms with E-state index in [9.17, 15) is 9.90 Å². The van der Waals surface area contributed by atoms with Gasteiger partial charge in [0.1, 0.15) is 23.7 Å². The second-order valence-electron chi connectivity index (χ2n) is 13.6. The molecule has 2 fully saturated rings. The third-order valence-electron chi connectivity index (χ3n) is 8.84. The summed E-state index contributed by atoms with van der Waals surface area (Å²) < 4.78 is 24.3. The number of carbonyl (C=O) groups is 1. The maximum atomic E-state index is 12.3. The molecule has 12 nitrogen and oxygen atoms in total. The molecule has 1 unspecified atom stereocenters. The number of anilines is 1. The number of esters is 1. The Hall–Kier alpha value is -3.94. The van der Waals surface area contributed by atoms with Crippen LogP contribution in [0.1, 0.15) is 76.5 Å². The van der Waals surface area contributed by atoms with E-state index >= 15 is 0 Å². The lowest BCUT2D eigenvalue weighted by Crippen LogP contribution is -2.28. The highest BCUT2D eigenvalue weighted by atomic mass is 32.2. The molecule has 0 spiro atoms. The van der Waals surface area contributed by atoms with Crippen LogP contribution in [0.4, 0.5) is 5.82 Å². The Morgan fingerprint density at radius 3 is 2.57 bits per heavy atom. The predicted octanol–water partition coefficient (Wildman–Crippen LogP) is 5.73. The van der Waals surface area contributed by atoms with Gasteiger partial charge in [0.25, 0.3) is 0 Å². The summed E-state index contributed by atoms with van der Waals surface area (Å²) in [4.78, 5) is 24.7. The second kappa shape index (κ2) is 14.9. The van der Waals surface area contributed by atoms with Gasteiger partial charge in [0.05, 0.1) is 32.5 Å². The molecule has 0 bridgehead atoms. The first-order chi connectivity index (χ1) is 23.6. The van der Waals surface area contributed by atoms with E-state index in [1.54, 1.807) is 30.7 Å². The second-order valence-corrected chi connectivity index (χ2v) is 14.7. The number of ether oxygens (including phenoxy) is 4. The van der Waals surface area contributed by atoms with Crippen molar-refractivity contribution in [3.8, 4) is 11.5 Å². The zero-order chi connectivity index (χ0) is 34.7. The lowest BCUT2D eigenvalue weighted by Gasteiger charge is -2.26. The lowest BCUT2D eigenvalue weighted by atomic mass is 10.1. The zero-order valence-electron chi connectivity index (χ0n) is 29.0. The molecule has 2 aliphatic rings. The quantitative estimate of drug-likeness (QED) is 0.0985. The fourth-order valence-corrected chi connectivity index (χ4v) is 7.17. The number of aliphatic hydroxyl groups excluding tert-OH is 1. The number of fused-ring (bicyclic) bond motifs is 1. The summed E-state index contributed by atoms with van der Waals surface area (Å²) >= 11 is 1.59. The maximum absolute atomic E-state index is 12.3. The van der Waals surface area contributed by atoms with E-state index in [2.05, 4.69) is 46.4 Å². The molecule has 1 N–H and O–H groups in total. The Morgan fingerprint density at radius 2 is 1.86 bits per heavy atom. The highest BCUT2D eigenvalue weighted by molar-refractivity contribution is 7.99. The highest BCUT2D eigenvalue weighted by Crippen LogP contribution is 2.48. The molecule has 0 radical (unpaired) electrons. The average Bonchev–Trinajstić information content (AvgIpc) is 3.63. The molecule has 2 aromatic carbocycles. The first-order valence-electron chi connectivity index (χ1n) is 16.9. The molecule has 0 aliphatic heterocycles. The van der Waals surface area contributed by atoms with E-state index in [1.807, 2.05) is 45.0 Å². The number of thioether (sulfide) groups is 1. The van der Waals surface area contributed by atoms with Crippen LogP contribution in [-0.2, 0) is 20.8 Å². The normalized spacial score (nSPS) is 21.9. The monoisotopic (exact) mass is 690 g/mol. The molecule has 49 heavy (non-hydrogen) atoms. The summed E-state index contributed by atoms with van der Waals surface area (Å²) in [6, 6.07) is 16.1. The summed E-state index contributed by atoms with van der Waals surface area (Å²) in [5, 5.41) is 21.1. The minimum Gasteiger partial charge on any atom is -0.497 e. The summed E-state index contributed by atoms with van der Waals surface area (Å²) in [5.41, 5.74) is 2.79. The number of methoxy groups -OCH3 is 2. The Balaban J connectivity index is 1.35. The minimum atomic E-state index is -0.760. The van der Waals surface area contributed by atoms with Crippen molar-refractivity contribution in [1.29, 1.82) is 0 Å². The number of aliphatic hydroxyl groups is 1. The van der Waals surface area contributed by atoms with Gasteiger partial charge >= 0.3 is 5.97 Å². The molecular weight excluding hydrogens is 644 g/mol. The van der Waals surface area contributed by atoms with Crippen molar-refractivity contribution >= 4 is 34.7 Å². The maximum Gasteiger partial charge on any atom is 0.332 e. The molecule has 0 amide bonds. The predicted molar refractivity (Wildman–Crippen MR) is 187 cm³/mol. The van der Waals surface area contributed by atoms with Crippen LogP contribution in [0.3, 0.4) is 0 Å². The average molecular weight is 691 g/mol. The van der Waals surface area contributed by atoms with Gasteiger partial charge in [-0.2, -0.15) is 0 Å². The number of rotatable bonds is 14. The number of aromatic nitrogens is 5. The van der Waals surface area contributed by atoms with E-state index in [1.165, 1.54) is 5.56 Å². The summed E-state index contributed by atoms with van der Waals surface area (Å²) in [6.45, 7) is 7.92. The first-order valence-corrected chi connectivity index (χ1v) is 17.9. The van der Waals surface area contributed by atoms with Crippen LogP contribution in [-0.4, -0.2) is 86.5 Å². The standard InChI is InChI=1S/C36H46N6O6S/c1-7-15-49-35-37-33(32-34(38-35)42(40-39-32)28-16-25(17-29(28)43)47-21-31(44)48-36(2,3)4)41(27-19-26(27)22-11-9-8-10-12-22)20-23-13-14-24(45-5)18-30(23)46-6/h8-14,18,25-29,43H,7,15-17,19-21H2,1-6H3/t25-,26+,27?,28+,29+/m1/s1. The summed E-state index contributed by atoms with van der Waals surface area (Å²) in [6.07, 6.45) is 1.61. The number of carbonyl (C=O) groups excluding carboxylic acids is 1. The minimum absolute atomic E-state index is 0.157. The molecule has 2 aliphatic carbocycles. The first kappa shape index (κ1) is 34.9. The van der Waals surface area contributed by atoms with Crippen molar-refractivity contribution in [2.45, 2.75) is 101 Å². The Kier molecular flexibility index (Phi) is 10.6. The van der Waals surface area contributed by atoms with E-state index in [0.29, 0.717) is 47.4 Å². The third-order valence-corrected chi connectivity index (χ3v) is 9.89. The Bertz CT molecular complexity index is 1750. The summed E-state index contributed by atoms with van der Waals surface area (Å²) in [5.74, 6) is 2.87.